The maximum absolute atomic E-state index is 15.5. The molecule has 1 aliphatic rings. The van der Waals surface area contributed by atoms with Crippen LogP contribution >= 0.6 is 0 Å². The van der Waals surface area contributed by atoms with Gasteiger partial charge in [-0.05, 0) is 40.6 Å². The zero-order valence-corrected chi connectivity index (χ0v) is 25.6. The summed E-state index contributed by atoms with van der Waals surface area (Å²) in [5, 5.41) is 2.65. The molecule has 0 aliphatic carbocycles. The molecule has 2 unspecified atom stereocenters. The number of ether oxygens (including phenoxy) is 4. The fourth-order valence-electron chi connectivity index (χ4n) is 5.79. The molecule has 2 atom stereocenters. The molecule has 3 aromatic heterocycles. The molecule has 1 fully saturated rings. The largest absolute Gasteiger partial charge is 0.491 e. The molecular formula is C36H32F2N4O5. The topological polar surface area (TPSA) is 87.4 Å². The number of likely N-dealkylation sites (tertiary alicyclic amines) is 1. The number of carbonyl (C=O) groups is 1. The number of alkyl halides is 1. The third-order valence-corrected chi connectivity index (χ3v) is 8.22. The predicted octanol–water partition coefficient (Wildman–Crippen LogP) is 7.00. The molecule has 0 radical (unpaired) electrons. The number of halogens is 2. The van der Waals surface area contributed by atoms with Gasteiger partial charge in [0.25, 0.3) is 0 Å². The molecule has 0 spiro atoms. The van der Waals surface area contributed by atoms with Crippen LogP contribution in [0.2, 0.25) is 0 Å². The van der Waals surface area contributed by atoms with Gasteiger partial charge in [0.15, 0.2) is 6.17 Å². The number of hydrogen-bond donors (Lipinski definition) is 0. The molecule has 4 heterocycles. The van der Waals surface area contributed by atoms with Crippen molar-refractivity contribution < 1.29 is 32.5 Å². The van der Waals surface area contributed by atoms with Gasteiger partial charge in [0.2, 0.25) is 0 Å². The summed E-state index contributed by atoms with van der Waals surface area (Å²) in [6.45, 7) is 0.994. The number of methoxy groups -OCH3 is 1. The first-order valence-corrected chi connectivity index (χ1v) is 15.3. The first-order chi connectivity index (χ1) is 22.9. The number of piperidine rings is 1. The van der Waals surface area contributed by atoms with Crippen LogP contribution < -0.4 is 9.47 Å². The minimum Gasteiger partial charge on any atom is -0.491 e. The highest BCUT2D eigenvalue weighted by Crippen LogP contribution is 2.32. The van der Waals surface area contributed by atoms with Crippen LogP contribution in [-0.2, 0) is 16.1 Å². The highest BCUT2D eigenvalue weighted by Gasteiger charge is 2.34. The van der Waals surface area contributed by atoms with Crippen molar-refractivity contribution in [1.29, 1.82) is 0 Å². The number of carbonyl (C=O) groups excluding carboxylic acids is 1. The van der Waals surface area contributed by atoms with Crippen LogP contribution in [-0.4, -0.2) is 71.1 Å². The van der Waals surface area contributed by atoms with Crippen LogP contribution in [0.25, 0.3) is 38.7 Å². The third kappa shape index (κ3) is 6.52. The maximum atomic E-state index is 15.5. The van der Waals surface area contributed by atoms with Crippen molar-refractivity contribution in [3.8, 4) is 22.9 Å². The molecule has 0 saturated carbocycles. The Hall–Kier alpha value is -5.29. The second-order valence-corrected chi connectivity index (χ2v) is 11.4. The van der Waals surface area contributed by atoms with Crippen molar-refractivity contribution in [3.05, 3.63) is 103 Å². The lowest BCUT2D eigenvalue weighted by atomic mass is 10.1. The molecule has 1 aliphatic heterocycles. The van der Waals surface area contributed by atoms with Crippen LogP contribution in [0.1, 0.15) is 12.0 Å². The average Bonchev–Trinajstić information content (AvgIpc) is 3.51. The van der Waals surface area contributed by atoms with Gasteiger partial charge < -0.3 is 23.8 Å². The fraction of sp³-hybridized carbons (Fsp3) is 0.250. The third-order valence-electron chi connectivity index (χ3n) is 8.22. The Bertz CT molecular complexity index is 2070. The number of imidazole rings is 1. The number of amides is 1. The monoisotopic (exact) mass is 638 g/mol. The Morgan fingerprint density at radius 2 is 1.83 bits per heavy atom. The van der Waals surface area contributed by atoms with Gasteiger partial charge in [-0.25, -0.2) is 23.5 Å². The lowest BCUT2D eigenvalue weighted by Crippen LogP contribution is -2.49. The normalized spacial score (nSPS) is 16.5. The summed E-state index contributed by atoms with van der Waals surface area (Å²) < 4.78 is 54.3. The van der Waals surface area contributed by atoms with E-state index in [9.17, 15) is 9.18 Å². The van der Waals surface area contributed by atoms with E-state index in [1.807, 2.05) is 65.2 Å². The van der Waals surface area contributed by atoms with Gasteiger partial charge in [-0.1, -0.05) is 42.5 Å². The molecular weight excluding hydrogens is 606 g/mol. The van der Waals surface area contributed by atoms with Crippen LogP contribution in [0.3, 0.4) is 0 Å². The fourth-order valence-corrected chi connectivity index (χ4v) is 5.79. The van der Waals surface area contributed by atoms with Crippen molar-refractivity contribution in [3.63, 3.8) is 0 Å². The first kappa shape index (κ1) is 30.4. The van der Waals surface area contributed by atoms with Gasteiger partial charge in [0, 0.05) is 43.8 Å². The van der Waals surface area contributed by atoms with Gasteiger partial charge in [-0.2, -0.15) is 0 Å². The van der Waals surface area contributed by atoms with E-state index in [0.29, 0.717) is 46.9 Å². The van der Waals surface area contributed by atoms with E-state index >= 15 is 4.39 Å². The summed E-state index contributed by atoms with van der Waals surface area (Å²) in [5.74, 6) is 0.266. The van der Waals surface area contributed by atoms with Gasteiger partial charge in [-0.3, -0.25) is 4.40 Å². The van der Waals surface area contributed by atoms with Crippen molar-refractivity contribution in [2.45, 2.75) is 25.3 Å². The number of fused-ring (bicyclic) bond motifs is 3. The van der Waals surface area contributed by atoms with E-state index in [1.165, 1.54) is 17.0 Å². The average molecular weight is 639 g/mol. The minimum absolute atomic E-state index is 0.0795. The minimum atomic E-state index is -1.52. The summed E-state index contributed by atoms with van der Waals surface area (Å²) in [6.07, 6.45) is 0.718. The Morgan fingerprint density at radius 1 is 0.979 bits per heavy atom. The highest BCUT2D eigenvalue weighted by atomic mass is 19.1. The van der Waals surface area contributed by atoms with E-state index in [2.05, 4.69) is 4.98 Å². The SMILES string of the molecule is COCCOc1ccn2c(-c3ccc4cc(F)cc(OC5CCN(C(=O)OCc6ccc7ccccc7c6)CC5F)c4n3)cnc2c1. The maximum Gasteiger partial charge on any atom is 0.410 e. The lowest BCUT2D eigenvalue weighted by Gasteiger charge is -2.34. The summed E-state index contributed by atoms with van der Waals surface area (Å²) in [7, 11) is 1.61. The standard InChI is InChI=1S/C36H32F2N4O5/c1-44-14-15-45-28-10-13-42-31(20-39-34(42)19-28)30-9-8-26-17-27(37)18-33(35(26)40-30)47-32-11-12-41(21-29(32)38)36(43)46-22-23-6-7-24-4-2-3-5-25(24)16-23/h2-10,13,16-20,29,32H,11-12,14-15,21-22H2,1H3. The second-order valence-electron chi connectivity index (χ2n) is 11.4. The molecule has 1 saturated heterocycles. The number of aromatic nitrogens is 3. The van der Waals surface area contributed by atoms with Crippen LogP contribution in [0.4, 0.5) is 13.6 Å². The Balaban J connectivity index is 1.04. The van der Waals surface area contributed by atoms with E-state index in [-0.39, 0.29) is 31.9 Å². The van der Waals surface area contributed by atoms with Crippen molar-refractivity contribution in [2.24, 2.45) is 0 Å². The summed E-state index contributed by atoms with van der Waals surface area (Å²) in [5.41, 5.74) is 3.19. The van der Waals surface area contributed by atoms with E-state index < -0.39 is 24.2 Å². The quantitative estimate of drug-likeness (QED) is 0.158. The first-order valence-electron chi connectivity index (χ1n) is 15.3. The van der Waals surface area contributed by atoms with E-state index in [4.69, 9.17) is 23.9 Å². The lowest BCUT2D eigenvalue weighted by molar-refractivity contribution is 0.0152. The smallest absolute Gasteiger partial charge is 0.410 e. The molecule has 0 bridgehead atoms. The van der Waals surface area contributed by atoms with Crippen molar-refractivity contribution in [2.75, 3.05) is 33.4 Å². The summed E-state index contributed by atoms with van der Waals surface area (Å²) >= 11 is 0. The molecule has 11 heteroatoms. The number of benzene rings is 3. The molecule has 240 valence electrons. The van der Waals surface area contributed by atoms with Crippen LogP contribution in [0.5, 0.6) is 11.5 Å². The zero-order chi connectivity index (χ0) is 32.3. The summed E-state index contributed by atoms with van der Waals surface area (Å²) in [6, 6.07) is 23.5. The molecule has 3 aromatic carbocycles. The second kappa shape index (κ2) is 13.2. The van der Waals surface area contributed by atoms with Gasteiger partial charge in [0.05, 0.1) is 30.7 Å². The van der Waals surface area contributed by atoms with E-state index in [0.717, 1.165) is 16.3 Å². The van der Waals surface area contributed by atoms with E-state index in [1.54, 1.807) is 25.4 Å². The number of nitrogens with zero attached hydrogens (tertiary/aromatic N) is 4. The van der Waals surface area contributed by atoms with Crippen LogP contribution in [0, 0.1) is 5.82 Å². The van der Waals surface area contributed by atoms with Gasteiger partial charge in [-0.15, -0.1) is 0 Å². The van der Waals surface area contributed by atoms with Crippen LogP contribution in [0.15, 0.2) is 91.3 Å². The number of hydrogen-bond acceptors (Lipinski definition) is 7. The van der Waals surface area contributed by atoms with Crippen molar-refractivity contribution >= 4 is 33.4 Å². The zero-order valence-electron chi connectivity index (χ0n) is 25.6. The Labute approximate surface area is 269 Å². The predicted molar refractivity (Wildman–Crippen MR) is 173 cm³/mol. The molecule has 7 rings (SSSR count). The Morgan fingerprint density at radius 3 is 2.68 bits per heavy atom. The number of rotatable bonds is 9. The highest BCUT2D eigenvalue weighted by molar-refractivity contribution is 5.87. The molecule has 6 aromatic rings. The molecule has 9 nitrogen and oxygen atoms in total. The molecule has 0 N–H and O–H groups in total. The van der Waals surface area contributed by atoms with Gasteiger partial charge in [0.1, 0.15) is 47.8 Å². The van der Waals surface area contributed by atoms with Crippen molar-refractivity contribution in [1.82, 2.24) is 19.3 Å². The molecule has 47 heavy (non-hydrogen) atoms. The molecule has 1 amide bonds. The summed E-state index contributed by atoms with van der Waals surface area (Å²) in [4.78, 5) is 23.4. The Kier molecular flexibility index (Phi) is 8.54. The van der Waals surface area contributed by atoms with Gasteiger partial charge >= 0.3 is 6.09 Å². The number of pyridine rings is 2.